The molecule has 1 aromatic carbocycles. The van der Waals surface area contributed by atoms with Gasteiger partial charge in [0.25, 0.3) is 5.91 Å². The van der Waals surface area contributed by atoms with Gasteiger partial charge in [0.05, 0.1) is 12.2 Å². The van der Waals surface area contributed by atoms with Gasteiger partial charge >= 0.3 is 0 Å². The zero-order valence-corrected chi connectivity index (χ0v) is 11.9. The summed E-state index contributed by atoms with van der Waals surface area (Å²) in [4.78, 5) is 11.8. The number of halogens is 1. The maximum Gasteiger partial charge on any atom is 0.290 e. The van der Waals surface area contributed by atoms with Crippen molar-refractivity contribution in [2.75, 3.05) is 6.54 Å². The highest BCUT2D eigenvalue weighted by atomic mass is 35.5. The summed E-state index contributed by atoms with van der Waals surface area (Å²) in [6, 6.07) is 8.48. The van der Waals surface area contributed by atoms with E-state index in [1.54, 1.807) is 38.1 Å². The summed E-state index contributed by atoms with van der Waals surface area (Å²) in [6.45, 7) is 3.32. The highest BCUT2D eigenvalue weighted by Crippen LogP contribution is 2.27. The molecule has 0 bridgehead atoms. The minimum absolute atomic E-state index is 0.00924. The minimum Gasteiger partial charge on any atom is -0.384 e. The lowest BCUT2D eigenvalue weighted by Crippen LogP contribution is -2.38. The second-order valence-corrected chi connectivity index (χ2v) is 5.18. The molecule has 0 fully saturated rings. The SMILES string of the molecule is Cc1cc(C(=O)NC[C@](C)(O)c2ccccc2Cl)on1. The Labute approximate surface area is 121 Å². The van der Waals surface area contributed by atoms with E-state index in [1.165, 1.54) is 6.07 Å². The number of nitrogens with one attached hydrogen (secondary N) is 1. The van der Waals surface area contributed by atoms with Crippen LogP contribution in [0.3, 0.4) is 0 Å². The summed E-state index contributed by atoms with van der Waals surface area (Å²) in [6.07, 6.45) is 0. The van der Waals surface area contributed by atoms with Crippen molar-refractivity contribution in [3.8, 4) is 0 Å². The molecular formula is C14H15ClN2O3. The van der Waals surface area contributed by atoms with E-state index < -0.39 is 11.5 Å². The number of carbonyl (C=O) groups excluding carboxylic acids is 1. The fourth-order valence-electron chi connectivity index (χ4n) is 1.80. The monoisotopic (exact) mass is 294 g/mol. The number of aromatic nitrogens is 1. The first kappa shape index (κ1) is 14.6. The first-order valence-electron chi connectivity index (χ1n) is 6.09. The van der Waals surface area contributed by atoms with E-state index in [1.807, 2.05) is 0 Å². The van der Waals surface area contributed by atoms with Gasteiger partial charge in [-0.25, -0.2) is 0 Å². The van der Waals surface area contributed by atoms with E-state index >= 15 is 0 Å². The van der Waals surface area contributed by atoms with Crippen molar-refractivity contribution >= 4 is 17.5 Å². The Morgan fingerprint density at radius 2 is 2.20 bits per heavy atom. The van der Waals surface area contributed by atoms with Crippen molar-refractivity contribution in [2.45, 2.75) is 19.4 Å². The normalized spacial score (nSPS) is 13.8. The molecule has 0 aliphatic carbocycles. The minimum atomic E-state index is -1.27. The van der Waals surface area contributed by atoms with Gasteiger partial charge in [-0.1, -0.05) is 35.0 Å². The Kier molecular flexibility index (Phi) is 4.11. The van der Waals surface area contributed by atoms with Gasteiger partial charge in [0.15, 0.2) is 0 Å². The Morgan fingerprint density at radius 3 is 2.80 bits per heavy atom. The lowest BCUT2D eigenvalue weighted by molar-refractivity contribution is 0.0517. The molecule has 0 saturated carbocycles. The molecule has 106 valence electrons. The number of hydrogen-bond acceptors (Lipinski definition) is 4. The number of rotatable bonds is 4. The van der Waals surface area contributed by atoms with E-state index in [4.69, 9.17) is 16.1 Å². The molecule has 0 spiro atoms. The molecule has 1 amide bonds. The number of amides is 1. The van der Waals surface area contributed by atoms with Crippen LogP contribution in [0.2, 0.25) is 5.02 Å². The number of hydrogen-bond donors (Lipinski definition) is 2. The first-order chi connectivity index (χ1) is 9.40. The van der Waals surface area contributed by atoms with Crippen molar-refractivity contribution in [1.29, 1.82) is 0 Å². The van der Waals surface area contributed by atoms with E-state index in [2.05, 4.69) is 10.5 Å². The number of nitrogens with zero attached hydrogens (tertiary/aromatic N) is 1. The molecule has 2 rings (SSSR count). The molecule has 2 aromatic rings. The van der Waals surface area contributed by atoms with Crippen LogP contribution in [-0.2, 0) is 5.60 Å². The predicted molar refractivity (Wildman–Crippen MR) is 74.6 cm³/mol. The lowest BCUT2D eigenvalue weighted by atomic mass is 9.96. The standard InChI is InChI=1S/C14H15ClN2O3/c1-9-7-12(20-17-9)13(18)16-8-14(2,19)10-5-3-4-6-11(10)15/h3-7,19H,8H2,1-2H3,(H,16,18)/t14-/m0/s1. The highest BCUT2D eigenvalue weighted by Gasteiger charge is 2.26. The van der Waals surface area contributed by atoms with Crippen LogP contribution in [0.4, 0.5) is 0 Å². The van der Waals surface area contributed by atoms with Gasteiger partial charge in [-0.05, 0) is 19.9 Å². The fraction of sp³-hybridized carbons (Fsp3) is 0.286. The van der Waals surface area contributed by atoms with Crippen LogP contribution in [0.5, 0.6) is 0 Å². The molecule has 0 radical (unpaired) electrons. The van der Waals surface area contributed by atoms with E-state index in [9.17, 15) is 9.90 Å². The average molecular weight is 295 g/mol. The molecule has 0 aliphatic heterocycles. The van der Waals surface area contributed by atoms with Crippen molar-refractivity contribution in [3.63, 3.8) is 0 Å². The molecule has 0 unspecified atom stereocenters. The molecule has 5 nitrogen and oxygen atoms in total. The molecule has 20 heavy (non-hydrogen) atoms. The topological polar surface area (TPSA) is 75.4 Å². The number of carbonyl (C=O) groups is 1. The summed E-state index contributed by atoms with van der Waals surface area (Å²) in [7, 11) is 0. The quantitative estimate of drug-likeness (QED) is 0.907. The molecule has 2 N–H and O–H groups in total. The molecule has 1 aromatic heterocycles. The second kappa shape index (κ2) is 5.64. The molecule has 0 saturated heterocycles. The molecular weight excluding hydrogens is 280 g/mol. The summed E-state index contributed by atoms with van der Waals surface area (Å²) < 4.78 is 4.85. The summed E-state index contributed by atoms with van der Waals surface area (Å²) in [5.74, 6) is -0.324. The second-order valence-electron chi connectivity index (χ2n) is 4.77. The lowest BCUT2D eigenvalue weighted by Gasteiger charge is -2.25. The largest absolute Gasteiger partial charge is 0.384 e. The van der Waals surface area contributed by atoms with E-state index in [0.29, 0.717) is 16.3 Å². The zero-order chi connectivity index (χ0) is 14.8. The third kappa shape index (κ3) is 3.18. The number of benzene rings is 1. The molecule has 0 aliphatic rings. The third-order valence-electron chi connectivity index (χ3n) is 2.90. The average Bonchev–Trinajstić information content (AvgIpc) is 2.83. The van der Waals surface area contributed by atoms with Gasteiger partial charge in [-0.15, -0.1) is 0 Å². The van der Waals surface area contributed by atoms with Crippen LogP contribution in [0.1, 0.15) is 28.7 Å². The van der Waals surface area contributed by atoms with Crippen LogP contribution >= 0.6 is 11.6 Å². The first-order valence-corrected chi connectivity index (χ1v) is 6.47. The number of aliphatic hydroxyl groups is 1. The zero-order valence-electron chi connectivity index (χ0n) is 11.2. The van der Waals surface area contributed by atoms with Gasteiger partial charge in [0, 0.05) is 16.7 Å². The van der Waals surface area contributed by atoms with E-state index in [-0.39, 0.29) is 12.3 Å². The van der Waals surface area contributed by atoms with Gasteiger partial charge in [-0.2, -0.15) is 0 Å². The van der Waals surface area contributed by atoms with Crippen LogP contribution in [0, 0.1) is 6.92 Å². The maximum atomic E-state index is 11.8. The maximum absolute atomic E-state index is 11.8. The summed E-state index contributed by atoms with van der Waals surface area (Å²) >= 11 is 6.04. The van der Waals surface area contributed by atoms with E-state index in [0.717, 1.165) is 0 Å². The molecule has 1 atom stereocenters. The highest BCUT2D eigenvalue weighted by molar-refractivity contribution is 6.31. The van der Waals surface area contributed by atoms with Crippen LogP contribution in [0.15, 0.2) is 34.9 Å². The van der Waals surface area contributed by atoms with Crippen LogP contribution < -0.4 is 5.32 Å². The van der Waals surface area contributed by atoms with Crippen LogP contribution in [-0.4, -0.2) is 22.7 Å². The van der Waals surface area contributed by atoms with Crippen molar-refractivity contribution in [3.05, 3.63) is 52.4 Å². The van der Waals surface area contributed by atoms with Crippen molar-refractivity contribution < 1.29 is 14.4 Å². The van der Waals surface area contributed by atoms with Crippen molar-refractivity contribution in [2.24, 2.45) is 0 Å². The Hall–Kier alpha value is -1.85. The molecule has 1 heterocycles. The summed E-state index contributed by atoms with van der Waals surface area (Å²) in [5.41, 5.74) is -0.105. The summed E-state index contributed by atoms with van der Waals surface area (Å²) in [5, 5.41) is 17.1. The fourth-order valence-corrected chi connectivity index (χ4v) is 2.14. The van der Waals surface area contributed by atoms with Gasteiger partial charge in [-0.3, -0.25) is 4.79 Å². The predicted octanol–water partition coefficient (Wildman–Crippen LogP) is 2.27. The van der Waals surface area contributed by atoms with Crippen LogP contribution in [0.25, 0.3) is 0 Å². The number of aryl methyl sites for hydroxylation is 1. The van der Waals surface area contributed by atoms with Gasteiger partial charge in [0.2, 0.25) is 5.76 Å². The molecule has 6 heteroatoms. The Balaban J connectivity index is 2.06. The van der Waals surface area contributed by atoms with Gasteiger partial charge < -0.3 is 14.9 Å². The Bertz CT molecular complexity index is 622. The Morgan fingerprint density at radius 1 is 1.50 bits per heavy atom. The van der Waals surface area contributed by atoms with Crippen molar-refractivity contribution in [1.82, 2.24) is 10.5 Å². The van der Waals surface area contributed by atoms with Gasteiger partial charge in [0.1, 0.15) is 5.60 Å². The smallest absolute Gasteiger partial charge is 0.290 e. The third-order valence-corrected chi connectivity index (χ3v) is 3.23.